The van der Waals surface area contributed by atoms with Crippen molar-refractivity contribution in [3.63, 3.8) is 0 Å². The van der Waals surface area contributed by atoms with Crippen molar-refractivity contribution in [3.05, 3.63) is 59.7 Å². The SMILES string of the molecule is CC[N+](CC)(CC)CC.O=C(O)c1ccc(S(=O)(=O)c2ccc(C(=O)O)cc2)cc1. The maximum atomic E-state index is 12.3. The van der Waals surface area contributed by atoms with Crippen molar-refractivity contribution < 1.29 is 32.7 Å². The Morgan fingerprint density at radius 3 is 1.10 bits per heavy atom. The van der Waals surface area contributed by atoms with Gasteiger partial charge < -0.3 is 14.7 Å². The highest BCUT2D eigenvalue weighted by Crippen LogP contribution is 2.21. The molecule has 0 aromatic heterocycles. The smallest absolute Gasteiger partial charge is 0.335 e. The van der Waals surface area contributed by atoms with Gasteiger partial charge in [0.1, 0.15) is 0 Å². The molecule has 0 aliphatic carbocycles. The third kappa shape index (κ3) is 6.14. The van der Waals surface area contributed by atoms with Gasteiger partial charge in [0.15, 0.2) is 0 Å². The quantitative estimate of drug-likeness (QED) is 0.609. The van der Waals surface area contributed by atoms with Crippen LogP contribution in [0, 0.1) is 0 Å². The Balaban J connectivity index is 0.000000424. The minimum absolute atomic E-state index is 0.0184. The molecule has 7 nitrogen and oxygen atoms in total. The Kier molecular flexibility index (Phi) is 9.20. The Labute approximate surface area is 178 Å². The molecule has 2 rings (SSSR count). The summed E-state index contributed by atoms with van der Waals surface area (Å²) in [6, 6.07) is 9.57. The highest BCUT2D eigenvalue weighted by Gasteiger charge is 2.19. The van der Waals surface area contributed by atoms with Crippen LogP contribution in [0.1, 0.15) is 48.4 Å². The first-order valence-electron chi connectivity index (χ1n) is 9.83. The molecule has 164 valence electrons. The Hall–Kier alpha value is -2.71. The van der Waals surface area contributed by atoms with Gasteiger partial charge in [0.25, 0.3) is 0 Å². The summed E-state index contributed by atoms with van der Waals surface area (Å²) in [6.45, 7) is 14.2. The van der Waals surface area contributed by atoms with Crippen LogP contribution in [-0.4, -0.2) is 61.2 Å². The number of carboxylic acids is 2. The van der Waals surface area contributed by atoms with Crippen LogP contribution in [0.5, 0.6) is 0 Å². The van der Waals surface area contributed by atoms with Crippen molar-refractivity contribution in [2.75, 3.05) is 26.2 Å². The lowest BCUT2D eigenvalue weighted by molar-refractivity contribution is -0.921. The molecule has 0 fully saturated rings. The molecular formula is C22H30NO6S+. The van der Waals surface area contributed by atoms with Gasteiger partial charge in [0.2, 0.25) is 9.84 Å². The molecule has 30 heavy (non-hydrogen) atoms. The molecule has 0 unspecified atom stereocenters. The van der Waals surface area contributed by atoms with Crippen molar-refractivity contribution in [1.82, 2.24) is 0 Å². The minimum Gasteiger partial charge on any atom is -0.478 e. The summed E-state index contributed by atoms with van der Waals surface area (Å²) < 4.78 is 25.9. The van der Waals surface area contributed by atoms with Crippen LogP contribution in [0.25, 0.3) is 0 Å². The first kappa shape index (κ1) is 25.3. The molecule has 2 aromatic rings. The molecule has 0 radical (unpaired) electrons. The predicted molar refractivity (Wildman–Crippen MR) is 115 cm³/mol. The third-order valence-electron chi connectivity index (χ3n) is 5.51. The fourth-order valence-electron chi connectivity index (χ4n) is 3.03. The molecule has 0 heterocycles. The van der Waals surface area contributed by atoms with Crippen LogP contribution >= 0.6 is 0 Å². The van der Waals surface area contributed by atoms with Crippen LogP contribution in [0.3, 0.4) is 0 Å². The van der Waals surface area contributed by atoms with Crippen molar-refractivity contribution in [3.8, 4) is 0 Å². The molecule has 0 aliphatic rings. The average molecular weight is 437 g/mol. The van der Waals surface area contributed by atoms with Gasteiger partial charge in [-0.2, -0.15) is 0 Å². The summed E-state index contributed by atoms with van der Waals surface area (Å²) in [7, 11) is -3.81. The number of quaternary nitrogens is 1. The van der Waals surface area contributed by atoms with E-state index in [4.69, 9.17) is 10.2 Å². The lowest BCUT2D eigenvalue weighted by Gasteiger charge is -2.34. The number of aromatic carboxylic acids is 2. The van der Waals surface area contributed by atoms with Crippen LogP contribution in [0.2, 0.25) is 0 Å². The van der Waals surface area contributed by atoms with Gasteiger partial charge in [0, 0.05) is 0 Å². The molecule has 0 aliphatic heterocycles. The molecular weight excluding hydrogens is 406 g/mol. The number of nitrogens with zero attached hydrogens (tertiary/aromatic N) is 1. The molecule has 0 amide bonds. The molecule has 2 aromatic carbocycles. The van der Waals surface area contributed by atoms with Crippen molar-refractivity contribution >= 4 is 21.8 Å². The van der Waals surface area contributed by atoms with E-state index >= 15 is 0 Å². The standard InChI is InChI=1S/C14H10O6S.C8H20N/c15-13(16)9-1-5-11(6-2-9)21(19,20)12-7-3-10(4-8-12)14(17)18;1-5-9(6-2,7-3)8-4/h1-8H,(H,15,16)(H,17,18);5-8H2,1-4H3/q;+1. The number of carbonyl (C=O) groups is 2. The summed E-state index contributed by atoms with van der Waals surface area (Å²) in [5, 5.41) is 17.5. The number of hydrogen-bond acceptors (Lipinski definition) is 4. The lowest BCUT2D eigenvalue weighted by Crippen LogP contribution is -2.47. The summed E-state index contributed by atoms with van der Waals surface area (Å²) in [4.78, 5) is 21.3. The van der Waals surface area contributed by atoms with E-state index in [1.54, 1.807) is 0 Å². The number of carboxylic acid groups (broad SMARTS) is 2. The van der Waals surface area contributed by atoms with Gasteiger partial charge in [-0.3, -0.25) is 0 Å². The van der Waals surface area contributed by atoms with Crippen molar-refractivity contribution in [2.24, 2.45) is 0 Å². The zero-order valence-electron chi connectivity index (χ0n) is 17.8. The molecule has 0 saturated carbocycles. The molecule has 0 atom stereocenters. The van der Waals surface area contributed by atoms with Crippen LogP contribution in [-0.2, 0) is 9.84 Å². The van der Waals surface area contributed by atoms with E-state index in [2.05, 4.69) is 27.7 Å². The minimum atomic E-state index is -3.81. The van der Waals surface area contributed by atoms with Gasteiger partial charge in [0.05, 0.1) is 47.1 Å². The maximum absolute atomic E-state index is 12.3. The van der Waals surface area contributed by atoms with E-state index in [1.807, 2.05) is 0 Å². The van der Waals surface area contributed by atoms with Gasteiger partial charge >= 0.3 is 11.9 Å². The summed E-state index contributed by atoms with van der Waals surface area (Å²) in [6.07, 6.45) is 0. The van der Waals surface area contributed by atoms with Gasteiger partial charge in [-0.25, -0.2) is 18.0 Å². The largest absolute Gasteiger partial charge is 0.478 e. The Bertz CT molecular complexity index is 865. The number of benzene rings is 2. The second-order valence-electron chi connectivity index (χ2n) is 6.77. The van der Waals surface area contributed by atoms with Gasteiger partial charge in [-0.05, 0) is 76.2 Å². The van der Waals surface area contributed by atoms with Crippen LogP contribution in [0.4, 0.5) is 0 Å². The zero-order valence-corrected chi connectivity index (χ0v) is 18.6. The maximum Gasteiger partial charge on any atom is 0.335 e. The summed E-state index contributed by atoms with van der Waals surface area (Å²) in [5.41, 5.74) is -0.0367. The zero-order chi connectivity index (χ0) is 22.9. The van der Waals surface area contributed by atoms with Crippen LogP contribution in [0.15, 0.2) is 58.3 Å². The van der Waals surface area contributed by atoms with E-state index < -0.39 is 21.8 Å². The lowest BCUT2D eigenvalue weighted by atomic mass is 10.2. The van der Waals surface area contributed by atoms with Crippen molar-refractivity contribution in [1.29, 1.82) is 0 Å². The van der Waals surface area contributed by atoms with Crippen molar-refractivity contribution in [2.45, 2.75) is 37.5 Å². The van der Waals surface area contributed by atoms with E-state index in [-0.39, 0.29) is 20.9 Å². The first-order valence-corrected chi connectivity index (χ1v) is 11.3. The Morgan fingerprint density at radius 2 is 0.933 bits per heavy atom. The molecule has 8 heteroatoms. The van der Waals surface area contributed by atoms with E-state index in [0.29, 0.717) is 0 Å². The molecule has 0 saturated heterocycles. The topological polar surface area (TPSA) is 109 Å². The highest BCUT2D eigenvalue weighted by molar-refractivity contribution is 7.91. The second-order valence-corrected chi connectivity index (χ2v) is 8.72. The number of rotatable bonds is 8. The summed E-state index contributed by atoms with van der Waals surface area (Å²) >= 11 is 0. The van der Waals surface area contributed by atoms with E-state index in [9.17, 15) is 18.0 Å². The normalized spacial score (nSPS) is 11.3. The molecule has 2 N–H and O–H groups in total. The predicted octanol–water partition coefficient (Wildman–Crippen LogP) is 3.80. The van der Waals surface area contributed by atoms with Gasteiger partial charge in [-0.15, -0.1) is 0 Å². The average Bonchev–Trinajstić information content (AvgIpc) is 2.76. The fraction of sp³-hybridized carbons (Fsp3) is 0.364. The number of sulfone groups is 1. The van der Waals surface area contributed by atoms with Gasteiger partial charge in [-0.1, -0.05) is 0 Å². The highest BCUT2D eigenvalue weighted by atomic mass is 32.2. The van der Waals surface area contributed by atoms with E-state index in [0.717, 1.165) is 0 Å². The third-order valence-corrected chi connectivity index (χ3v) is 7.29. The monoisotopic (exact) mass is 436 g/mol. The molecule has 0 bridgehead atoms. The fourth-order valence-corrected chi connectivity index (χ4v) is 4.29. The Morgan fingerprint density at radius 1 is 0.667 bits per heavy atom. The van der Waals surface area contributed by atoms with Crippen LogP contribution < -0.4 is 0 Å². The van der Waals surface area contributed by atoms with E-state index in [1.165, 1.54) is 79.2 Å². The summed E-state index contributed by atoms with van der Waals surface area (Å²) in [5.74, 6) is -2.30. The first-order chi connectivity index (χ1) is 14.1. The number of hydrogen-bond donors (Lipinski definition) is 2. The molecule has 0 spiro atoms. The second kappa shape index (κ2) is 10.9.